The van der Waals surface area contributed by atoms with Crippen LogP contribution in [0.15, 0.2) is 0 Å². The highest BCUT2D eigenvalue weighted by Crippen LogP contribution is 2.37. The lowest BCUT2D eigenvalue weighted by Gasteiger charge is -2.43. The second-order valence-corrected chi connectivity index (χ2v) is 11.6. The Morgan fingerprint density at radius 3 is 2.39 bits per heavy atom. The molecule has 0 radical (unpaired) electrons. The van der Waals surface area contributed by atoms with Crippen molar-refractivity contribution < 1.29 is 39.2 Å². The highest BCUT2D eigenvalue weighted by Gasteiger charge is 2.53. The van der Waals surface area contributed by atoms with Crippen LogP contribution in [0.1, 0.15) is 86.0 Å². The molecular weight excluding hydrogens is 466 g/mol. The molecule has 2 heterocycles. The number of carbonyl (C=O) groups is 3. The maximum Gasteiger partial charge on any atom is 0.329 e. The fourth-order valence-corrected chi connectivity index (χ4v) is 5.93. The summed E-state index contributed by atoms with van der Waals surface area (Å²) < 4.78 is 11.4. The number of ether oxygens (including phenoxy) is 2. The number of piperidine rings is 1. The summed E-state index contributed by atoms with van der Waals surface area (Å²) in [5, 5.41) is 30.8. The van der Waals surface area contributed by atoms with Gasteiger partial charge in [-0.2, -0.15) is 0 Å². The van der Waals surface area contributed by atoms with Crippen LogP contribution in [-0.4, -0.2) is 80.7 Å². The van der Waals surface area contributed by atoms with Gasteiger partial charge in [0.05, 0.1) is 18.3 Å². The number of ketones is 1. The zero-order valence-corrected chi connectivity index (χ0v) is 22.4. The van der Waals surface area contributed by atoms with E-state index in [1.165, 1.54) is 4.90 Å². The van der Waals surface area contributed by atoms with Crippen LogP contribution in [0.2, 0.25) is 0 Å². The van der Waals surface area contributed by atoms with E-state index in [0.29, 0.717) is 32.1 Å². The third kappa shape index (κ3) is 6.29. The Bertz CT molecular complexity index is 805. The molecule has 0 aromatic carbocycles. The predicted molar refractivity (Wildman–Crippen MR) is 131 cm³/mol. The topological polar surface area (TPSA) is 134 Å². The second-order valence-electron chi connectivity index (χ2n) is 11.6. The minimum Gasteiger partial charge on any atom is -0.461 e. The molecule has 3 aliphatic rings. The van der Waals surface area contributed by atoms with Crippen LogP contribution in [0.25, 0.3) is 0 Å². The first kappa shape index (κ1) is 29.0. The molecule has 0 aromatic rings. The summed E-state index contributed by atoms with van der Waals surface area (Å²) in [7, 11) is 0. The molecule has 1 saturated carbocycles. The highest BCUT2D eigenvalue weighted by atomic mass is 16.6. The zero-order chi connectivity index (χ0) is 26.8. The summed E-state index contributed by atoms with van der Waals surface area (Å²) in [6, 6.07) is -0.879. The SMILES string of the molecule is CC(CC1CCC(O)C(O)C1)C(C)OC(=O)C1CCCCN1C(=O)C(=O)C1(O)OC(C)C(C)CC1C. The number of hydrogen-bond acceptors (Lipinski definition) is 8. The fraction of sp³-hybridized carbons (Fsp3) is 0.889. The van der Waals surface area contributed by atoms with Gasteiger partial charge in [-0.1, -0.05) is 20.8 Å². The van der Waals surface area contributed by atoms with E-state index in [9.17, 15) is 29.7 Å². The van der Waals surface area contributed by atoms with Gasteiger partial charge in [0.2, 0.25) is 5.79 Å². The summed E-state index contributed by atoms with van der Waals surface area (Å²) >= 11 is 0. The largest absolute Gasteiger partial charge is 0.461 e. The summed E-state index contributed by atoms with van der Waals surface area (Å²) in [6.45, 7) is 9.50. The van der Waals surface area contributed by atoms with E-state index >= 15 is 0 Å². The number of esters is 1. The third-order valence-electron chi connectivity index (χ3n) is 8.81. The smallest absolute Gasteiger partial charge is 0.329 e. The van der Waals surface area contributed by atoms with E-state index in [1.807, 2.05) is 20.8 Å². The first-order chi connectivity index (χ1) is 16.8. The van der Waals surface area contributed by atoms with E-state index in [0.717, 1.165) is 19.3 Å². The van der Waals surface area contributed by atoms with Crippen LogP contribution in [0, 0.1) is 23.7 Å². The molecule has 2 saturated heterocycles. The van der Waals surface area contributed by atoms with Crippen molar-refractivity contribution in [1.82, 2.24) is 4.90 Å². The lowest BCUT2D eigenvalue weighted by Crippen LogP contribution is -2.61. The molecular formula is C27H45NO8. The highest BCUT2D eigenvalue weighted by molar-refractivity contribution is 6.39. The van der Waals surface area contributed by atoms with Gasteiger partial charge in [0, 0.05) is 12.5 Å². The van der Waals surface area contributed by atoms with Crippen molar-refractivity contribution in [3.8, 4) is 0 Å². The molecule has 9 heteroatoms. The Hall–Kier alpha value is -1.55. The van der Waals surface area contributed by atoms with Crippen molar-refractivity contribution in [2.45, 2.75) is 122 Å². The van der Waals surface area contributed by atoms with Gasteiger partial charge in [-0.25, -0.2) is 4.79 Å². The van der Waals surface area contributed by atoms with Gasteiger partial charge in [-0.3, -0.25) is 9.59 Å². The summed E-state index contributed by atoms with van der Waals surface area (Å²) in [5.41, 5.74) is 0. The van der Waals surface area contributed by atoms with Gasteiger partial charge in [0.15, 0.2) is 0 Å². The van der Waals surface area contributed by atoms with Crippen LogP contribution in [0.4, 0.5) is 0 Å². The third-order valence-corrected chi connectivity index (χ3v) is 8.81. The van der Waals surface area contributed by atoms with Gasteiger partial charge in [0.25, 0.3) is 11.7 Å². The van der Waals surface area contributed by atoms with Gasteiger partial charge >= 0.3 is 5.97 Å². The number of aliphatic hydroxyl groups is 3. The molecule has 0 bridgehead atoms. The number of likely N-dealkylation sites (tertiary alicyclic amines) is 1. The van der Waals surface area contributed by atoms with Crippen molar-refractivity contribution in [1.29, 1.82) is 0 Å². The molecule has 9 nitrogen and oxygen atoms in total. The van der Waals surface area contributed by atoms with Crippen LogP contribution < -0.4 is 0 Å². The van der Waals surface area contributed by atoms with Gasteiger partial charge in [0.1, 0.15) is 12.1 Å². The number of Topliss-reactive ketones (excluding diaryl/α,β-unsaturated/α-hetero) is 1. The lowest BCUT2D eigenvalue weighted by atomic mass is 9.79. The Morgan fingerprint density at radius 1 is 1.03 bits per heavy atom. The van der Waals surface area contributed by atoms with Crippen molar-refractivity contribution in [3.63, 3.8) is 0 Å². The van der Waals surface area contributed by atoms with Crippen LogP contribution in [0.5, 0.6) is 0 Å². The molecule has 3 rings (SSSR count). The molecule has 10 atom stereocenters. The van der Waals surface area contributed by atoms with Crippen molar-refractivity contribution in [2.75, 3.05) is 6.54 Å². The van der Waals surface area contributed by atoms with Crippen molar-refractivity contribution >= 4 is 17.7 Å². The normalized spacial score (nSPS) is 39.2. The van der Waals surface area contributed by atoms with E-state index in [4.69, 9.17) is 9.47 Å². The first-order valence-electron chi connectivity index (χ1n) is 13.7. The average Bonchev–Trinajstić information content (AvgIpc) is 2.84. The quantitative estimate of drug-likeness (QED) is 0.350. The van der Waals surface area contributed by atoms with Crippen LogP contribution in [0.3, 0.4) is 0 Å². The molecule has 0 aromatic heterocycles. The van der Waals surface area contributed by atoms with E-state index in [2.05, 4.69) is 0 Å². The van der Waals surface area contributed by atoms with E-state index in [-0.39, 0.29) is 30.4 Å². The summed E-state index contributed by atoms with van der Waals surface area (Å²) in [4.78, 5) is 40.9. The molecule has 10 unspecified atom stereocenters. The Balaban J connectivity index is 1.62. The van der Waals surface area contributed by atoms with Crippen molar-refractivity contribution in [2.24, 2.45) is 23.7 Å². The fourth-order valence-electron chi connectivity index (χ4n) is 5.93. The number of rotatable bonds is 7. The molecule has 1 aliphatic carbocycles. The maximum atomic E-state index is 13.3. The average molecular weight is 512 g/mol. The van der Waals surface area contributed by atoms with E-state index < -0.39 is 53.7 Å². The number of hydrogen-bond donors (Lipinski definition) is 3. The van der Waals surface area contributed by atoms with Gasteiger partial charge < -0.3 is 29.7 Å². The molecule has 2 aliphatic heterocycles. The number of aliphatic hydroxyl groups excluding tert-OH is 2. The Kier molecular flexibility index (Phi) is 9.57. The Labute approximate surface area is 214 Å². The maximum absolute atomic E-state index is 13.3. The second kappa shape index (κ2) is 11.9. The molecule has 1 amide bonds. The van der Waals surface area contributed by atoms with Crippen LogP contribution in [-0.2, 0) is 23.9 Å². The lowest BCUT2D eigenvalue weighted by molar-refractivity contribution is -0.270. The molecule has 0 spiro atoms. The minimum atomic E-state index is -2.20. The standard InChI is InChI=1S/C27H45NO8/c1-15-12-17(3)27(34,36-19(15)5)24(31)25(32)28-11-7-6-8-21(28)26(33)35-18(4)16(2)13-20-9-10-22(29)23(30)14-20/h15-23,29-30,34H,6-14H2,1-5H3. The summed E-state index contributed by atoms with van der Waals surface area (Å²) in [6.07, 6.45) is 2.82. The minimum absolute atomic E-state index is 0.0245. The molecule has 3 N–H and O–H groups in total. The van der Waals surface area contributed by atoms with Crippen molar-refractivity contribution in [3.05, 3.63) is 0 Å². The zero-order valence-electron chi connectivity index (χ0n) is 22.4. The van der Waals surface area contributed by atoms with E-state index in [1.54, 1.807) is 13.8 Å². The number of amides is 1. The monoisotopic (exact) mass is 511 g/mol. The van der Waals surface area contributed by atoms with Gasteiger partial charge in [-0.15, -0.1) is 0 Å². The molecule has 36 heavy (non-hydrogen) atoms. The predicted octanol–water partition coefficient (Wildman–Crippen LogP) is 2.19. The number of nitrogens with zero attached hydrogens (tertiary/aromatic N) is 1. The van der Waals surface area contributed by atoms with Crippen LogP contribution >= 0.6 is 0 Å². The van der Waals surface area contributed by atoms with Gasteiger partial charge in [-0.05, 0) is 83.0 Å². The Morgan fingerprint density at radius 2 is 1.72 bits per heavy atom. The summed E-state index contributed by atoms with van der Waals surface area (Å²) in [5.74, 6) is -4.79. The molecule has 3 fully saturated rings. The first-order valence-corrected chi connectivity index (χ1v) is 13.7. The molecule has 206 valence electrons. The number of carbonyl (C=O) groups excluding carboxylic acids is 3.